The van der Waals surface area contributed by atoms with Gasteiger partial charge in [0.1, 0.15) is 11.6 Å². The van der Waals surface area contributed by atoms with E-state index in [9.17, 15) is 14.9 Å². The Morgan fingerprint density at radius 3 is 2.61 bits per heavy atom. The third-order valence-corrected chi connectivity index (χ3v) is 6.53. The molecule has 0 radical (unpaired) electrons. The fourth-order valence-electron chi connectivity index (χ4n) is 3.93. The predicted molar refractivity (Wildman–Crippen MR) is 113 cm³/mol. The summed E-state index contributed by atoms with van der Waals surface area (Å²) in [5.74, 6) is 1.08. The lowest BCUT2D eigenvalue weighted by molar-refractivity contribution is -0.126. The fourth-order valence-corrected chi connectivity index (χ4v) is 4.87. The first-order valence-electron chi connectivity index (χ1n) is 9.42. The summed E-state index contributed by atoms with van der Waals surface area (Å²) in [4.78, 5) is 30.2. The highest BCUT2D eigenvalue weighted by atomic mass is 32.2. The zero-order chi connectivity index (χ0) is 19.8. The van der Waals surface area contributed by atoms with Crippen LogP contribution >= 0.6 is 11.8 Å². The molecule has 6 nitrogen and oxygen atoms in total. The van der Waals surface area contributed by atoms with Gasteiger partial charge in [-0.05, 0) is 25.5 Å². The summed E-state index contributed by atoms with van der Waals surface area (Å²) in [5, 5.41) is 10.6. The summed E-state index contributed by atoms with van der Waals surface area (Å²) >= 11 is 1.62. The van der Waals surface area contributed by atoms with Gasteiger partial charge in [-0.1, -0.05) is 17.7 Å². The van der Waals surface area contributed by atoms with E-state index in [-0.39, 0.29) is 17.0 Å². The number of aromatic nitrogens is 1. The largest absolute Gasteiger partial charge is 0.366 e. The van der Waals surface area contributed by atoms with Gasteiger partial charge in [-0.25, -0.2) is 0 Å². The minimum absolute atomic E-state index is 0.104. The predicted octanol–water partition coefficient (Wildman–Crippen LogP) is 2.39. The number of benzene rings is 1. The molecule has 0 unspecified atom stereocenters. The molecule has 1 saturated heterocycles. The van der Waals surface area contributed by atoms with Crippen LogP contribution in [0.25, 0.3) is 10.9 Å². The molecule has 2 aliphatic heterocycles. The van der Waals surface area contributed by atoms with Crippen molar-refractivity contribution in [2.45, 2.75) is 13.3 Å². The van der Waals surface area contributed by atoms with Gasteiger partial charge in [-0.3, -0.25) is 9.59 Å². The second-order valence-electron chi connectivity index (χ2n) is 7.20. The van der Waals surface area contributed by atoms with Gasteiger partial charge in [0.2, 0.25) is 0 Å². The number of fused-ring (bicyclic) bond motifs is 1. The van der Waals surface area contributed by atoms with Crippen molar-refractivity contribution in [3.05, 3.63) is 50.7 Å². The number of allylic oxidation sites excluding steroid dienone is 1. The van der Waals surface area contributed by atoms with Crippen LogP contribution in [0.5, 0.6) is 0 Å². The molecule has 0 N–H and O–H groups in total. The number of nitriles is 1. The lowest BCUT2D eigenvalue weighted by Crippen LogP contribution is -2.49. The molecule has 0 atom stereocenters. The number of rotatable bonds is 2. The Morgan fingerprint density at radius 1 is 1.21 bits per heavy atom. The van der Waals surface area contributed by atoms with Gasteiger partial charge in [0, 0.05) is 44.4 Å². The Labute approximate surface area is 168 Å². The van der Waals surface area contributed by atoms with Crippen molar-refractivity contribution in [2.24, 2.45) is 7.05 Å². The van der Waals surface area contributed by atoms with E-state index in [1.807, 2.05) is 36.1 Å². The summed E-state index contributed by atoms with van der Waals surface area (Å²) < 4.78 is 1.54. The quantitative estimate of drug-likeness (QED) is 0.782. The fraction of sp³-hybridized carbons (Fsp3) is 0.381. The molecule has 2 aromatic rings. The SMILES string of the molecule is Cc1ccc2c(c1)c(N1CCN(C(=O)C3=CCCS3)CC1)c(C#N)c(=O)n2C. The molecule has 0 bridgehead atoms. The van der Waals surface area contributed by atoms with E-state index in [1.54, 1.807) is 23.4 Å². The van der Waals surface area contributed by atoms with Crippen LogP contribution in [0.2, 0.25) is 0 Å². The first-order chi connectivity index (χ1) is 13.5. The third-order valence-electron chi connectivity index (χ3n) is 5.43. The summed E-state index contributed by atoms with van der Waals surface area (Å²) in [6.45, 7) is 4.39. The van der Waals surface area contributed by atoms with E-state index in [2.05, 4.69) is 11.0 Å². The van der Waals surface area contributed by atoms with Crippen molar-refractivity contribution < 1.29 is 4.79 Å². The maximum Gasteiger partial charge on any atom is 0.270 e. The Kier molecular flexibility index (Phi) is 4.90. The number of piperazine rings is 1. The molecule has 2 aliphatic rings. The topological polar surface area (TPSA) is 69.3 Å². The van der Waals surface area contributed by atoms with Crippen LogP contribution in [0.3, 0.4) is 0 Å². The summed E-state index contributed by atoms with van der Waals surface area (Å²) in [6, 6.07) is 8.06. The molecule has 1 amide bonds. The van der Waals surface area contributed by atoms with Gasteiger partial charge >= 0.3 is 0 Å². The van der Waals surface area contributed by atoms with Crippen LogP contribution in [0.4, 0.5) is 5.69 Å². The van der Waals surface area contributed by atoms with Gasteiger partial charge in [0.15, 0.2) is 0 Å². The smallest absolute Gasteiger partial charge is 0.270 e. The molecule has 1 fully saturated rings. The van der Waals surface area contributed by atoms with Crippen molar-refractivity contribution >= 4 is 34.3 Å². The van der Waals surface area contributed by atoms with E-state index >= 15 is 0 Å². The number of hydrogen-bond donors (Lipinski definition) is 0. The molecule has 28 heavy (non-hydrogen) atoms. The molecule has 4 rings (SSSR count). The molecule has 3 heterocycles. The Balaban J connectivity index is 1.69. The molecule has 7 heteroatoms. The number of carbonyl (C=O) groups excluding carboxylic acids is 1. The number of amides is 1. The molecular weight excluding hydrogens is 372 g/mol. The molecule has 0 saturated carbocycles. The third kappa shape index (κ3) is 3.08. The number of pyridine rings is 1. The zero-order valence-electron chi connectivity index (χ0n) is 16.1. The molecule has 1 aromatic heterocycles. The first kappa shape index (κ1) is 18.6. The van der Waals surface area contributed by atoms with Crippen molar-refractivity contribution in [3.63, 3.8) is 0 Å². The average molecular weight is 395 g/mol. The maximum atomic E-state index is 12.7. The van der Waals surface area contributed by atoms with E-state index in [0.29, 0.717) is 31.9 Å². The van der Waals surface area contributed by atoms with Gasteiger partial charge in [0.05, 0.1) is 16.1 Å². The van der Waals surface area contributed by atoms with Crippen molar-refractivity contribution in [3.8, 4) is 6.07 Å². The number of nitrogens with zero attached hydrogens (tertiary/aromatic N) is 4. The highest BCUT2D eigenvalue weighted by Gasteiger charge is 2.28. The minimum Gasteiger partial charge on any atom is -0.366 e. The monoisotopic (exact) mass is 394 g/mol. The van der Waals surface area contributed by atoms with E-state index < -0.39 is 0 Å². The van der Waals surface area contributed by atoms with Gasteiger partial charge in [0.25, 0.3) is 11.5 Å². The number of thioether (sulfide) groups is 1. The molecule has 1 aromatic carbocycles. The van der Waals surface area contributed by atoms with Crippen LogP contribution in [0, 0.1) is 18.3 Å². The second-order valence-corrected chi connectivity index (χ2v) is 8.34. The number of aryl methyl sites for hydroxylation is 2. The first-order valence-corrected chi connectivity index (χ1v) is 10.4. The Bertz CT molecular complexity index is 1090. The lowest BCUT2D eigenvalue weighted by Gasteiger charge is -2.37. The second kappa shape index (κ2) is 7.36. The summed E-state index contributed by atoms with van der Waals surface area (Å²) in [7, 11) is 1.70. The average Bonchev–Trinajstić information content (AvgIpc) is 3.25. The number of anilines is 1. The van der Waals surface area contributed by atoms with Crippen LogP contribution in [-0.4, -0.2) is 47.3 Å². The van der Waals surface area contributed by atoms with E-state index in [1.165, 1.54) is 0 Å². The van der Waals surface area contributed by atoms with E-state index in [0.717, 1.165) is 33.5 Å². The highest BCUT2D eigenvalue weighted by Crippen LogP contribution is 2.31. The Hall–Kier alpha value is -2.72. The van der Waals surface area contributed by atoms with Gasteiger partial charge < -0.3 is 14.4 Å². The van der Waals surface area contributed by atoms with Crippen molar-refractivity contribution in [2.75, 3.05) is 36.8 Å². The molecule has 0 spiro atoms. The maximum absolute atomic E-state index is 12.7. The standard InChI is InChI=1S/C21H22N4O2S/c1-14-5-6-17-15(12-14)19(16(13-22)20(26)23(17)2)24-7-9-25(10-8-24)21(27)18-4-3-11-28-18/h4-6,12H,3,7-11H2,1-2H3. The van der Waals surface area contributed by atoms with Gasteiger partial charge in [-0.15, -0.1) is 11.8 Å². The van der Waals surface area contributed by atoms with E-state index in [4.69, 9.17) is 0 Å². The summed E-state index contributed by atoms with van der Waals surface area (Å²) in [6.07, 6.45) is 2.97. The lowest BCUT2D eigenvalue weighted by atomic mass is 10.0. The molecule has 144 valence electrons. The molecular formula is C21H22N4O2S. The van der Waals surface area contributed by atoms with Gasteiger partial charge in [-0.2, -0.15) is 5.26 Å². The Morgan fingerprint density at radius 2 is 1.96 bits per heavy atom. The van der Waals surface area contributed by atoms with Crippen molar-refractivity contribution in [1.29, 1.82) is 5.26 Å². The van der Waals surface area contributed by atoms with Crippen LogP contribution in [0.1, 0.15) is 17.5 Å². The number of carbonyl (C=O) groups is 1. The van der Waals surface area contributed by atoms with Crippen LogP contribution in [-0.2, 0) is 11.8 Å². The zero-order valence-corrected chi connectivity index (χ0v) is 16.9. The summed E-state index contributed by atoms with van der Waals surface area (Å²) in [5.41, 5.74) is 2.49. The minimum atomic E-state index is -0.278. The number of hydrogen-bond acceptors (Lipinski definition) is 5. The van der Waals surface area contributed by atoms with Crippen molar-refractivity contribution in [1.82, 2.24) is 9.47 Å². The molecule has 0 aliphatic carbocycles. The van der Waals surface area contributed by atoms with Crippen LogP contribution < -0.4 is 10.5 Å². The van der Waals surface area contributed by atoms with Crippen LogP contribution in [0.15, 0.2) is 34.0 Å². The normalized spacial score (nSPS) is 17.0. The highest BCUT2D eigenvalue weighted by molar-refractivity contribution is 8.04.